The van der Waals surface area contributed by atoms with E-state index in [1.54, 1.807) is 6.20 Å². The van der Waals surface area contributed by atoms with Crippen LogP contribution in [0.1, 0.15) is 38.7 Å². The molecule has 0 aliphatic rings. The molecule has 7 nitrogen and oxygen atoms in total. The summed E-state index contributed by atoms with van der Waals surface area (Å²) >= 11 is 0. The molecule has 178 valence electrons. The minimum absolute atomic E-state index is 0. The van der Waals surface area contributed by atoms with E-state index in [9.17, 15) is 5.11 Å². The Morgan fingerprint density at radius 3 is 2.47 bits per heavy atom. The highest BCUT2D eigenvalue weighted by atomic mass is 127. The second-order valence-electron chi connectivity index (χ2n) is 7.26. The first-order chi connectivity index (χ1) is 15.2. The fourth-order valence-electron chi connectivity index (χ4n) is 3.10. The smallest absolute Gasteiger partial charge is 0.213 e. The van der Waals surface area contributed by atoms with Crippen LogP contribution in [-0.2, 0) is 6.54 Å². The Hall–Kier alpha value is -2.07. The number of ether oxygens (including phenoxy) is 2. The maximum atomic E-state index is 9.23. The van der Waals surface area contributed by atoms with Gasteiger partial charge in [0.15, 0.2) is 5.96 Å². The second-order valence-corrected chi connectivity index (χ2v) is 7.26. The third-order valence-corrected chi connectivity index (χ3v) is 4.70. The van der Waals surface area contributed by atoms with Gasteiger partial charge >= 0.3 is 0 Å². The van der Waals surface area contributed by atoms with Crippen LogP contribution in [0.5, 0.6) is 11.6 Å². The molecule has 1 heterocycles. The topological polar surface area (TPSA) is 88.0 Å². The molecule has 3 N–H and O–H groups in total. The van der Waals surface area contributed by atoms with Gasteiger partial charge in [0.2, 0.25) is 5.88 Å². The van der Waals surface area contributed by atoms with Crippen LogP contribution in [0.3, 0.4) is 0 Å². The highest BCUT2D eigenvalue weighted by Crippen LogP contribution is 2.11. The number of hydrogen-bond donors (Lipinski definition) is 3. The van der Waals surface area contributed by atoms with E-state index in [-0.39, 0.29) is 30.6 Å². The van der Waals surface area contributed by atoms with E-state index in [1.807, 2.05) is 49.4 Å². The summed E-state index contributed by atoms with van der Waals surface area (Å²) in [4.78, 5) is 9.00. The maximum absolute atomic E-state index is 9.23. The standard InChI is InChI=1S/C24H36N4O3.HI/c1-3-8-20(13-14-29)17-27-24(25-4-2)28-19-21-11-12-23(26-18-21)31-16-15-30-22-9-6-5-7-10-22;/h5-7,9-12,18,20,29H,3-4,8,13-17,19H2,1-2H3,(H2,25,27,28);1H. The van der Waals surface area contributed by atoms with Gasteiger partial charge in [-0.25, -0.2) is 9.98 Å². The SMILES string of the molecule is CCCC(CCO)CNC(=NCc1ccc(OCCOc2ccccc2)nc1)NCC.I. The van der Waals surface area contributed by atoms with Gasteiger partial charge in [-0.3, -0.25) is 0 Å². The van der Waals surface area contributed by atoms with E-state index in [0.29, 0.717) is 31.6 Å². The maximum Gasteiger partial charge on any atom is 0.213 e. The van der Waals surface area contributed by atoms with E-state index in [4.69, 9.17) is 9.47 Å². The number of guanidine groups is 1. The molecule has 1 aromatic carbocycles. The number of hydrogen-bond acceptors (Lipinski definition) is 5. The van der Waals surface area contributed by atoms with E-state index in [0.717, 1.165) is 49.6 Å². The fraction of sp³-hybridized carbons (Fsp3) is 0.500. The van der Waals surface area contributed by atoms with Crippen LogP contribution in [0.2, 0.25) is 0 Å². The van der Waals surface area contributed by atoms with Crippen molar-refractivity contribution in [2.24, 2.45) is 10.9 Å². The fourth-order valence-corrected chi connectivity index (χ4v) is 3.10. The Morgan fingerprint density at radius 1 is 1.03 bits per heavy atom. The number of aliphatic hydroxyl groups excluding tert-OH is 1. The number of benzene rings is 1. The molecule has 0 bridgehead atoms. The summed E-state index contributed by atoms with van der Waals surface area (Å²) in [5.74, 6) is 2.62. The van der Waals surface area contributed by atoms with E-state index in [2.05, 4.69) is 27.5 Å². The molecule has 0 fully saturated rings. The molecular formula is C24H37IN4O3. The summed E-state index contributed by atoms with van der Waals surface area (Å²) in [5, 5.41) is 15.9. The molecule has 1 unspecified atom stereocenters. The third kappa shape index (κ3) is 11.5. The summed E-state index contributed by atoms with van der Waals surface area (Å²) in [6.45, 7) is 7.45. The first-order valence-corrected chi connectivity index (χ1v) is 11.1. The van der Waals surface area contributed by atoms with Gasteiger partial charge in [0.25, 0.3) is 0 Å². The molecule has 32 heavy (non-hydrogen) atoms. The molecule has 0 amide bonds. The van der Waals surface area contributed by atoms with Gasteiger partial charge in [0, 0.05) is 32.0 Å². The van der Waals surface area contributed by atoms with Gasteiger partial charge < -0.3 is 25.2 Å². The molecule has 8 heteroatoms. The number of nitrogens with one attached hydrogen (secondary N) is 2. The lowest BCUT2D eigenvalue weighted by Crippen LogP contribution is -2.40. The number of para-hydroxylation sites is 1. The van der Waals surface area contributed by atoms with Crippen molar-refractivity contribution in [1.82, 2.24) is 15.6 Å². The van der Waals surface area contributed by atoms with Gasteiger partial charge in [0.05, 0.1) is 6.54 Å². The molecule has 2 rings (SSSR count). The molecule has 0 saturated heterocycles. The van der Waals surface area contributed by atoms with Gasteiger partial charge in [0.1, 0.15) is 19.0 Å². The van der Waals surface area contributed by atoms with Crippen LogP contribution in [0.4, 0.5) is 0 Å². The zero-order chi connectivity index (χ0) is 22.2. The molecular weight excluding hydrogens is 519 g/mol. The first kappa shape index (κ1) is 28.0. The zero-order valence-electron chi connectivity index (χ0n) is 19.1. The summed E-state index contributed by atoms with van der Waals surface area (Å²) in [5.41, 5.74) is 1.01. The van der Waals surface area contributed by atoms with Crippen molar-refractivity contribution in [2.75, 3.05) is 32.9 Å². The van der Waals surface area contributed by atoms with Crippen LogP contribution < -0.4 is 20.1 Å². The van der Waals surface area contributed by atoms with Crippen LogP contribution >= 0.6 is 24.0 Å². The van der Waals surface area contributed by atoms with Crippen molar-refractivity contribution in [3.63, 3.8) is 0 Å². The minimum Gasteiger partial charge on any atom is -0.490 e. The molecule has 0 radical (unpaired) electrons. The molecule has 0 aliphatic carbocycles. The Kier molecular flexibility index (Phi) is 15.3. The molecule has 0 spiro atoms. The lowest BCUT2D eigenvalue weighted by molar-refractivity contribution is 0.212. The number of nitrogens with zero attached hydrogens (tertiary/aromatic N) is 2. The predicted octanol–water partition coefficient (Wildman–Crippen LogP) is 4.01. The Labute approximate surface area is 209 Å². The van der Waals surface area contributed by atoms with Crippen LogP contribution in [0.15, 0.2) is 53.7 Å². The van der Waals surface area contributed by atoms with Crippen molar-refractivity contribution < 1.29 is 14.6 Å². The Morgan fingerprint density at radius 2 is 1.81 bits per heavy atom. The number of rotatable bonds is 14. The molecule has 0 saturated carbocycles. The quantitative estimate of drug-likeness (QED) is 0.141. The van der Waals surface area contributed by atoms with Crippen molar-refractivity contribution in [3.8, 4) is 11.6 Å². The summed E-state index contributed by atoms with van der Waals surface area (Å²) in [7, 11) is 0. The Bertz CT molecular complexity index is 739. The van der Waals surface area contributed by atoms with Crippen LogP contribution in [0, 0.1) is 5.92 Å². The van der Waals surface area contributed by atoms with Gasteiger partial charge in [-0.1, -0.05) is 37.6 Å². The van der Waals surface area contributed by atoms with Gasteiger partial charge in [-0.15, -0.1) is 24.0 Å². The first-order valence-electron chi connectivity index (χ1n) is 11.1. The highest BCUT2D eigenvalue weighted by Gasteiger charge is 2.08. The van der Waals surface area contributed by atoms with Crippen molar-refractivity contribution in [1.29, 1.82) is 0 Å². The molecule has 2 aromatic rings. The number of halogens is 1. The monoisotopic (exact) mass is 556 g/mol. The predicted molar refractivity (Wildman–Crippen MR) is 140 cm³/mol. The average molecular weight is 556 g/mol. The summed E-state index contributed by atoms with van der Waals surface area (Å²) in [6, 6.07) is 13.5. The van der Waals surface area contributed by atoms with E-state index < -0.39 is 0 Å². The van der Waals surface area contributed by atoms with Crippen LogP contribution in [0.25, 0.3) is 0 Å². The van der Waals surface area contributed by atoms with Gasteiger partial charge in [-0.2, -0.15) is 0 Å². The normalized spacial score (nSPS) is 11.9. The number of aliphatic hydroxyl groups is 1. The van der Waals surface area contributed by atoms with E-state index in [1.165, 1.54) is 0 Å². The van der Waals surface area contributed by atoms with E-state index >= 15 is 0 Å². The van der Waals surface area contributed by atoms with Crippen molar-refractivity contribution >= 4 is 29.9 Å². The van der Waals surface area contributed by atoms with Gasteiger partial charge in [-0.05, 0) is 43.4 Å². The van der Waals surface area contributed by atoms with Crippen molar-refractivity contribution in [3.05, 3.63) is 54.2 Å². The lowest BCUT2D eigenvalue weighted by Gasteiger charge is -2.18. The molecule has 1 atom stereocenters. The molecule has 1 aromatic heterocycles. The number of aromatic nitrogens is 1. The third-order valence-electron chi connectivity index (χ3n) is 4.70. The van der Waals surface area contributed by atoms with Crippen molar-refractivity contribution in [2.45, 2.75) is 39.7 Å². The molecule has 0 aliphatic heterocycles. The second kappa shape index (κ2) is 17.5. The van der Waals surface area contributed by atoms with Crippen LogP contribution in [-0.4, -0.2) is 49.0 Å². The lowest BCUT2D eigenvalue weighted by atomic mass is 10.0. The highest BCUT2D eigenvalue weighted by molar-refractivity contribution is 14.0. The largest absolute Gasteiger partial charge is 0.490 e. The summed E-state index contributed by atoms with van der Waals surface area (Å²) in [6.07, 6.45) is 4.79. The number of pyridine rings is 1. The summed E-state index contributed by atoms with van der Waals surface area (Å²) < 4.78 is 11.3. The zero-order valence-corrected chi connectivity index (χ0v) is 21.5. The minimum atomic E-state index is 0. The number of aliphatic imine (C=N–C) groups is 1. The average Bonchev–Trinajstić information content (AvgIpc) is 2.80. The Balaban J connectivity index is 0.00000512.